The van der Waals surface area contributed by atoms with Gasteiger partial charge in [-0.3, -0.25) is 4.79 Å². The molecule has 2 aromatic carbocycles. The van der Waals surface area contributed by atoms with Gasteiger partial charge in [0.25, 0.3) is 0 Å². The molecule has 0 saturated carbocycles. The number of fused-ring (bicyclic) bond motifs is 1. The number of aryl methyl sites for hydroxylation is 1. The van der Waals surface area contributed by atoms with Crippen LogP contribution < -0.4 is 4.90 Å². The van der Waals surface area contributed by atoms with Crippen molar-refractivity contribution in [1.29, 1.82) is 0 Å². The van der Waals surface area contributed by atoms with Crippen molar-refractivity contribution in [1.82, 2.24) is 0 Å². The molecule has 0 spiro atoms. The van der Waals surface area contributed by atoms with Crippen LogP contribution in [0.1, 0.15) is 15.9 Å². The number of ether oxygens (including phenoxy) is 1. The number of morpholine rings is 1. The Kier molecular flexibility index (Phi) is 3.22. The predicted octanol–water partition coefficient (Wildman–Crippen LogP) is 2.80. The van der Waals surface area contributed by atoms with Crippen molar-refractivity contribution in [2.75, 3.05) is 31.2 Å². The van der Waals surface area contributed by atoms with Crippen molar-refractivity contribution >= 4 is 22.7 Å². The first-order valence-corrected chi connectivity index (χ1v) is 6.61. The third-order valence-electron chi connectivity index (χ3n) is 3.76. The van der Waals surface area contributed by atoms with Crippen molar-refractivity contribution in [3.05, 3.63) is 41.5 Å². The van der Waals surface area contributed by atoms with Gasteiger partial charge < -0.3 is 9.64 Å². The molecule has 0 amide bonds. The highest BCUT2D eigenvalue weighted by atomic mass is 16.5. The van der Waals surface area contributed by atoms with Crippen LogP contribution in [-0.4, -0.2) is 32.6 Å². The van der Waals surface area contributed by atoms with Crippen LogP contribution in [0, 0.1) is 6.92 Å². The molecule has 1 aliphatic heterocycles. The van der Waals surface area contributed by atoms with Gasteiger partial charge in [-0.15, -0.1) is 0 Å². The maximum Gasteiger partial charge on any atom is 0.150 e. The van der Waals surface area contributed by atoms with Crippen LogP contribution in [0.3, 0.4) is 0 Å². The summed E-state index contributed by atoms with van der Waals surface area (Å²) in [4.78, 5) is 13.6. The molecule has 1 fully saturated rings. The van der Waals surface area contributed by atoms with E-state index in [0.29, 0.717) is 0 Å². The minimum absolute atomic E-state index is 0.770. The number of hydrogen-bond acceptors (Lipinski definition) is 3. The van der Waals surface area contributed by atoms with Gasteiger partial charge in [0.05, 0.1) is 13.2 Å². The highest BCUT2D eigenvalue weighted by molar-refractivity contribution is 6.00. The second-order valence-electron chi connectivity index (χ2n) is 4.92. The number of benzene rings is 2. The molecule has 19 heavy (non-hydrogen) atoms. The number of rotatable bonds is 2. The summed E-state index contributed by atoms with van der Waals surface area (Å²) in [6, 6.07) is 10.4. The van der Waals surface area contributed by atoms with Crippen LogP contribution in [0.5, 0.6) is 0 Å². The fraction of sp³-hybridized carbons (Fsp3) is 0.312. The number of anilines is 1. The van der Waals surface area contributed by atoms with Crippen molar-refractivity contribution in [3.8, 4) is 0 Å². The topological polar surface area (TPSA) is 29.5 Å². The first-order valence-electron chi connectivity index (χ1n) is 6.61. The largest absolute Gasteiger partial charge is 0.378 e. The highest BCUT2D eigenvalue weighted by Crippen LogP contribution is 2.26. The lowest BCUT2D eigenvalue weighted by Crippen LogP contribution is -2.36. The fourth-order valence-electron chi connectivity index (χ4n) is 2.61. The molecule has 0 N–H and O–H groups in total. The van der Waals surface area contributed by atoms with Crippen molar-refractivity contribution < 1.29 is 9.53 Å². The standard InChI is InChI=1S/C16H17NO2/c1-12-2-3-13-4-5-14(10-15(13)16(12)11-18)17-6-8-19-9-7-17/h2-5,10-11H,6-9H2,1H3. The molecule has 0 aliphatic carbocycles. The Hall–Kier alpha value is -1.87. The number of carbonyl (C=O) groups excluding carboxylic acids is 1. The van der Waals surface area contributed by atoms with Crippen LogP contribution in [0.4, 0.5) is 5.69 Å². The van der Waals surface area contributed by atoms with Gasteiger partial charge in [0.1, 0.15) is 0 Å². The number of aldehydes is 1. The third kappa shape index (κ3) is 2.22. The fourth-order valence-corrected chi connectivity index (χ4v) is 2.61. The predicted molar refractivity (Wildman–Crippen MR) is 77.1 cm³/mol. The smallest absolute Gasteiger partial charge is 0.150 e. The lowest BCUT2D eigenvalue weighted by molar-refractivity contribution is 0.112. The number of nitrogens with zero attached hydrogens (tertiary/aromatic N) is 1. The normalized spacial score (nSPS) is 15.7. The molecule has 2 aromatic rings. The second-order valence-corrected chi connectivity index (χ2v) is 4.92. The molecular weight excluding hydrogens is 238 g/mol. The van der Waals surface area contributed by atoms with Crippen LogP contribution in [0.2, 0.25) is 0 Å². The van der Waals surface area contributed by atoms with Gasteiger partial charge >= 0.3 is 0 Å². The van der Waals surface area contributed by atoms with Gasteiger partial charge in [-0.1, -0.05) is 18.2 Å². The maximum absolute atomic E-state index is 11.3. The number of carbonyl (C=O) groups is 1. The van der Waals surface area contributed by atoms with Crippen molar-refractivity contribution in [2.24, 2.45) is 0 Å². The van der Waals surface area contributed by atoms with Gasteiger partial charge in [-0.05, 0) is 35.4 Å². The van der Waals surface area contributed by atoms with Crippen molar-refractivity contribution in [2.45, 2.75) is 6.92 Å². The molecule has 1 heterocycles. The number of hydrogen-bond donors (Lipinski definition) is 0. The summed E-state index contributed by atoms with van der Waals surface area (Å²) in [5.74, 6) is 0. The zero-order chi connectivity index (χ0) is 13.2. The monoisotopic (exact) mass is 255 g/mol. The minimum Gasteiger partial charge on any atom is -0.378 e. The van der Waals surface area contributed by atoms with E-state index in [1.807, 2.05) is 13.0 Å². The van der Waals surface area contributed by atoms with Gasteiger partial charge in [-0.25, -0.2) is 0 Å². The van der Waals surface area contributed by atoms with Crippen LogP contribution in [-0.2, 0) is 4.74 Å². The molecule has 3 heteroatoms. The van der Waals surface area contributed by atoms with Gasteiger partial charge in [-0.2, -0.15) is 0 Å². The van der Waals surface area contributed by atoms with E-state index in [9.17, 15) is 4.79 Å². The first-order chi connectivity index (χ1) is 9.29. The summed E-state index contributed by atoms with van der Waals surface area (Å²) >= 11 is 0. The zero-order valence-corrected chi connectivity index (χ0v) is 11.1. The highest BCUT2D eigenvalue weighted by Gasteiger charge is 2.12. The summed E-state index contributed by atoms with van der Waals surface area (Å²) in [6.45, 7) is 5.34. The Morgan fingerprint density at radius 3 is 2.63 bits per heavy atom. The lowest BCUT2D eigenvalue weighted by atomic mass is 10.00. The van der Waals surface area contributed by atoms with Crippen LogP contribution in [0.25, 0.3) is 10.8 Å². The molecule has 1 saturated heterocycles. The molecule has 0 unspecified atom stereocenters. The Labute approximate surface area is 112 Å². The molecule has 98 valence electrons. The summed E-state index contributed by atoms with van der Waals surface area (Å²) in [7, 11) is 0. The maximum atomic E-state index is 11.3. The molecule has 1 aliphatic rings. The van der Waals surface area contributed by atoms with E-state index >= 15 is 0 Å². The Balaban J connectivity index is 2.10. The summed E-state index contributed by atoms with van der Waals surface area (Å²) < 4.78 is 5.37. The van der Waals surface area contributed by atoms with E-state index in [1.165, 1.54) is 5.69 Å². The molecule has 3 nitrogen and oxygen atoms in total. The van der Waals surface area contributed by atoms with E-state index in [-0.39, 0.29) is 0 Å². The van der Waals surface area contributed by atoms with E-state index in [1.54, 1.807) is 0 Å². The molecule has 0 aromatic heterocycles. The molecule has 0 atom stereocenters. The second kappa shape index (κ2) is 5.02. The SMILES string of the molecule is Cc1ccc2ccc(N3CCOCC3)cc2c1C=O. The summed E-state index contributed by atoms with van der Waals surface area (Å²) in [6.07, 6.45) is 0.959. The average molecular weight is 255 g/mol. The van der Waals surface area contributed by atoms with E-state index in [2.05, 4.69) is 29.2 Å². The van der Waals surface area contributed by atoms with Crippen LogP contribution >= 0.6 is 0 Å². The van der Waals surface area contributed by atoms with Gasteiger partial charge in [0.15, 0.2) is 6.29 Å². The molecular formula is C16H17NO2. The van der Waals surface area contributed by atoms with E-state index in [0.717, 1.165) is 54.5 Å². The quantitative estimate of drug-likeness (QED) is 0.773. The Morgan fingerprint density at radius 2 is 1.89 bits per heavy atom. The van der Waals surface area contributed by atoms with E-state index in [4.69, 9.17) is 4.74 Å². The molecule has 3 rings (SSSR count). The Morgan fingerprint density at radius 1 is 1.16 bits per heavy atom. The third-order valence-corrected chi connectivity index (χ3v) is 3.76. The lowest BCUT2D eigenvalue weighted by Gasteiger charge is -2.29. The minimum atomic E-state index is 0.770. The van der Waals surface area contributed by atoms with Gasteiger partial charge in [0, 0.05) is 24.3 Å². The van der Waals surface area contributed by atoms with Crippen LogP contribution in [0.15, 0.2) is 30.3 Å². The Bertz CT molecular complexity index is 615. The van der Waals surface area contributed by atoms with E-state index < -0.39 is 0 Å². The van der Waals surface area contributed by atoms with Gasteiger partial charge in [0.2, 0.25) is 0 Å². The zero-order valence-electron chi connectivity index (χ0n) is 11.1. The average Bonchev–Trinajstić information content (AvgIpc) is 2.47. The molecule has 0 bridgehead atoms. The molecule has 0 radical (unpaired) electrons. The van der Waals surface area contributed by atoms with Crippen molar-refractivity contribution in [3.63, 3.8) is 0 Å². The summed E-state index contributed by atoms with van der Waals surface area (Å²) in [5.41, 5.74) is 3.00. The first kappa shape index (κ1) is 12.2. The summed E-state index contributed by atoms with van der Waals surface area (Å²) in [5, 5.41) is 2.16.